The molecule has 10 nitrogen and oxygen atoms in total. The van der Waals surface area contributed by atoms with Crippen molar-refractivity contribution in [1.29, 1.82) is 0 Å². The van der Waals surface area contributed by atoms with Crippen LogP contribution in [0.15, 0.2) is 24.3 Å². The highest BCUT2D eigenvalue weighted by atomic mass is 19.1. The zero-order chi connectivity index (χ0) is 20.8. The Balaban J connectivity index is 1.75. The molecule has 1 fully saturated rings. The molecule has 0 atom stereocenters. The van der Waals surface area contributed by atoms with Gasteiger partial charge in [0, 0.05) is 19.8 Å². The van der Waals surface area contributed by atoms with Gasteiger partial charge in [0.1, 0.15) is 18.9 Å². The second-order valence-corrected chi connectivity index (χ2v) is 6.08. The largest absolute Gasteiger partial charge is 0.454 e. The second kappa shape index (κ2) is 8.93. The summed E-state index contributed by atoms with van der Waals surface area (Å²) < 4.78 is 17.6. The normalized spacial score (nSPS) is 13.5. The van der Waals surface area contributed by atoms with Crippen molar-refractivity contribution in [2.45, 2.75) is 0 Å². The van der Waals surface area contributed by atoms with Crippen molar-refractivity contribution in [2.24, 2.45) is 0 Å². The number of ether oxygens (including phenoxy) is 1. The first kappa shape index (κ1) is 20.8. The molecule has 11 heteroatoms. The van der Waals surface area contributed by atoms with E-state index in [1.54, 1.807) is 0 Å². The molecule has 0 unspecified atom stereocenters. The summed E-state index contributed by atoms with van der Waals surface area (Å²) in [4.78, 5) is 61.8. The standard InChI is InChI=1S/C17H19FN4O6/c1-20(7-13(23)19-12-5-3-11(18)4-6-12)15(25)10-28-16(26)9-22-14(24)8-21(2)17(22)27/h3-6H,7-10H2,1-2H3,(H,19,23). The van der Waals surface area contributed by atoms with Crippen LogP contribution < -0.4 is 5.32 Å². The summed E-state index contributed by atoms with van der Waals surface area (Å²) in [5.74, 6) is -3.08. The Morgan fingerprint density at radius 2 is 1.86 bits per heavy atom. The van der Waals surface area contributed by atoms with Crippen LogP contribution in [0.1, 0.15) is 0 Å². The molecule has 2 rings (SSSR count). The first-order valence-electron chi connectivity index (χ1n) is 8.18. The van der Waals surface area contributed by atoms with Crippen molar-refractivity contribution >= 4 is 35.4 Å². The average Bonchev–Trinajstić information content (AvgIpc) is 2.87. The van der Waals surface area contributed by atoms with Gasteiger partial charge in [-0.05, 0) is 24.3 Å². The summed E-state index contributed by atoms with van der Waals surface area (Å²) in [7, 11) is 2.75. The van der Waals surface area contributed by atoms with Gasteiger partial charge in [0.25, 0.3) is 11.8 Å². The van der Waals surface area contributed by atoms with Crippen molar-refractivity contribution in [3.8, 4) is 0 Å². The number of likely N-dealkylation sites (N-methyl/N-ethyl adjacent to an activating group) is 2. The van der Waals surface area contributed by atoms with Crippen molar-refractivity contribution in [3.63, 3.8) is 0 Å². The topological polar surface area (TPSA) is 116 Å². The summed E-state index contributed by atoms with van der Waals surface area (Å²) in [6.45, 7) is -1.69. The molecule has 0 bridgehead atoms. The van der Waals surface area contributed by atoms with Crippen molar-refractivity contribution in [3.05, 3.63) is 30.1 Å². The Kier molecular flexibility index (Phi) is 6.64. The lowest BCUT2D eigenvalue weighted by molar-refractivity contribution is -0.153. The number of hydrogen-bond acceptors (Lipinski definition) is 6. The Hall–Kier alpha value is -3.50. The SMILES string of the molecule is CN(CC(=O)Nc1ccc(F)cc1)C(=O)COC(=O)CN1C(=O)CN(C)C1=O. The molecule has 1 aliphatic heterocycles. The third-order valence-corrected chi connectivity index (χ3v) is 3.81. The van der Waals surface area contributed by atoms with Crippen LogP contribution in [0, 0.1) is 5.82 Å². The summed E-state index contributed by atoms with van der Waals surface area (Å²) >= 11 is 0. The number of esters is 1. The molecule has 0 radical (unpaired) electrons. The number of nitrogens with zero attached hydrogens (tertiary/aromatic N) is 3. The Morgan fingerprint density at radius 3 is 2.43 bits per heavy atom. The Bertz CT molecular complexity index is 797. The Labute approximate surface area is 159 Å². The van der Waals surface area contributed by atoms with Gasteiger partial charge in [-0.3, -0.25) is 24.1 Å². The summed E-state index contributed by atoms with van der Waals surface area (Å²) in [5, 5.41) is 2.49. The van der Waals surface area contributed by atoms with E-state index in [9.17, 15) is 28.4 Å². The van der Waals surface area contributed by atoms with E-state index in [0.29, 0.717) is 5.69 Å². The minimum absolute atomic E-state index is 0.128. The first-order chi connectivity index (χ1) is 13.2. The zero-order valence-electron chi connectivity index (χ0n) is 15.3. The molecule has 1 N–H and O–H groups in total. The van der Waals surface area contributed by atoms with Crippen LogP contribution in [0.4, 0.5) is 14.9 Å². The number of amides is 5. The molecule has 1 aromatic rings. The molecule has 1 aromatic carbocycles. The predicted octanol–water partition coefficient (Wildman–Crippen LogP) is -0.340. The summed E-state index contributed by atoms with van der Waals surface area (Å²) in [5.41, 5.74) is 0.364. The third kappa shape index (κ3) is 5.50. The fourth-order valence-electron chi connectivity index (χ4n) is 2.29. The third-order valence-electron chi connectivity index (χ3n) is 3.81. The van der Waals surface area contributed by atoms with Crippen LogP contribution in [0.3, 0.4) is 0 Å². The molecule has 5 amide bonds. The number of benzene rings is 1. The highest BCUT2D eigenvalue weighted by Gasteiger charge is 2.35. The number of halogens is 1. The summed E-state index contributed by atoms with van der Waals surface area (Å²) in [6.07, 6.45) is 0. The number of urea groups is 1. The molecule has 0 aliphatic carbocycles. The molecule has 0 saturated carbocycles. The first-order valence-corrected chi connectivity index (χ1v) is 8.18. The van der Waals surface area contributed by atoms with Gasteiger partial charge in [0.05, 0.1) is 6.54 Å². The smallest absolute Gasteiger partial charge is 0.327 e. The number of rotatable bonds is 7. The van der Waals surface area contributed by atoms with Gasteiger partial charge in [-0.15, -0.1) is 0 Å². The number of nitrogens with one attached hydrogen (secondary N) is 1. The van der Waals surface area contributed by atoms with Gasteiger partial charge in [0.15, 0.2) is 6.61 Å². The van der Waals surface area contributed by atoms with Crippen molar-refractivity contribution < 1.29 is 33.1 Å². The van der Waals surface area contributed by atoms with E-state index in [-0.39, 0.29) is 13.1 Å². The molecule has 0 aromatic heterocycles. The van der Waals surface area contributed by atoms with E-state index in [1.165, 1.54) is 38.4 Å². The van der Waals surface area contributed by atoms with Gasteiger partial charge in [-0.25, -0.2) is 9.18 Å². The quantitative estimate of drug-likeness (QED) is 0.500. The molecule has 28 heavy (non-hydrogen) atoms. The number of carbonyl (C=O) groups is 5. The molecule has 150 valence electrons. The highest BCUT2D eigenvalue weighted by Crippen LogP contribution is 2.09. The van der Waals surface area contributed by atoms with Crippen LogP contribution in [0.25, 0.3) is 0 Å². The maximum Gasteiger partial charge on any atom is 0.327 e. The number of hydrogen-bond donors (Lipinski definition) is 1. The lowest BCUT2D eigenvalue weighted by Gasteiger charge is -2.17. The van der Waals surface area contributed by atoms with Crippen LogP contribution >= 0.6 is 0 Å². The van der Waals surface area contributed by atoms with Gasteiger partial charge in [0.2, 0.25) is 5.91 Å². The van der Waals surface area contributed by atoms with E-state index in [0.717, 1.165) is 14.7 Å². The van der Waals surface area contributed by atoms with Gasteiger partial charge < -0.3 is 19.9 Å². The minimum atomic E-state index is -0.922. The lowest BCUT2D eigenvalue weighted by Crippen LogP contribution is -2.40. The molecule has 1 aliphatic rings. The maximum absolute atomic E-state index is 12.8. The monoisotopic (exact) mass is 394 g/mol. The van der Waals surface area contributed by atoms with Gasteiger partial charge >= 0.3 is 12.0 Å². The zero-order valence-corrected chi connectivity index (χ0v) is 15.3. The highest BCUT2D eigenvalue weighted by molar-refractivity contribution is 6.04. The van der Waals surface area contributed by atoms with Crippen molar-refractivity contribution in [1.82, 2.24) is 14.7 Å². The number of carbonyl (C=O) groups excluding carboxylic acids is 5. The number of anilines is 1. The summed E-state index contributed by atoms with van der Waals surface area (Å²) in [6, 6.07) is 4.47. The van der Waals surface area contributed by atoms with Crippen LogP contribution in [-0.4, -0.2) is 84.8 Å². The molecular formula is C17H19FN4O6. The molecule has 0 spiro atoms. The van der Waals surface area contributed by atoms with Crippen LogP contribution in [0.2, 0.25) is 0 Å². The van der Waals surface area contributed by atoms with E-state index in [4.69, 9.17) is 4.74 Å². The van der Waals surface area contributed by atoms with E-state index >= 15 is 0 Å². The minimum Gasteiger partial charge on any atom is -0.454 e. The predicted molar refractivity (Wildman–Crippen MR) is 93.4 cm³/mol. The van der Waals surface area contributed by atoms with Gasteiger partial charge in [-0.2, -0.15) is 0 Å². The molecule has 1 heterocycles. The lowest BCUT2D eigenvalue weighted by atomic mass is 10.3. The molecule has 1 saturated heterocycles. The van der Waals surface area contributed by atoms with Gasteiger partial charge in [-0.1, -0.05) is 0 Å². The molecular weight excluding hydrogens is 375 g/mol. The maximum atomic E-state index is 12.8. The second-order valence-electron chi connectivity index (χ2n) is 6.08. The van der Waals surface area contributed by atoms with E-state index in [1.807, 2.05) is 0 Å². The van der Waals surface area contributed by atoms with Crippen LogP contribution in [-0.2, 0) is 23.9 Å². The van der Waals surface area contributed by atoms with E-state index in [2.05, 4.69) is 5.32 Å². The van der Waals surface area contributed by atoms with Crippen LogP contribution in [0.5, 0.6) is 0 Å². The van der Waals surface area contributed by atoms with Crippen molar-refractivity contribution in [2.75, 3.05) is 45.7 Å². The average molecular weight is 394 g/mol. The Morgan fingerprint density at radius 1 is 1.21 bits per heavy atom. The fraction of sp³-hybridized carbons (Fsp3) is 0.353. The van der Waals surface area contributed by atoms with E-state index < -0.39 is 48.7 Å². The fourth-order valence-corrected chi connectivity index (χ4v) is 2.29. The number of imide groups is 1.